The summed E-state index contributed by atoms with van der Waals surface area (Å²) in [5.74, 6) is -0.947. The summed E-state index contributed by atoms with van der Waals surface area (Å²) < 4.78 is 0. The molecule has 2 rings (SSSR count). The van der Waals surface area contributed by atoms with Crippen molar-refractivity contribution < 1.29 is 9.90 Å². The normalized spacial score (nSPS) is 10.4. The van der Waals surface area contributed by atoms with E-state index in [1.54, 1.807) is 12.1 Å². The van der Waals surface area contributed by atoms with Crippen LogP contribution in [0.15, 0.2) is 36.4 Å². The molecule has 2 nitrogen and oxygen atoms in total. The monoisotopic (exact) mass is 260 g/mol. The van der Waals surface area contributed by atoms with Crippen LogP contribution in [-0.2, 0) is 0 Å². The van der Waals surface area contributed by atoms with Crippen molar-refractivity contribution in [2.24, 2.45) is 0 Å². The maximum absolute atomic E-state index is 11.0. The van der Waals surface area contributed by atoms with Gasteiger partial charge in [0.1, 0.15) is 0 Å². The van der Waals surface area contributed by atoms with Crippen LogP contribution in [0.2, 0.25) is 5.02 Å². The first-order chi connectivity index (χ1) is 8.49. The molecule has 0 aliphatic heterocycles. The van der Waals surface area contributed by atoms with Crippen LogP contribution in [0.4, 0.5) is 0 Å². The van der Waals surface area contributed by atoms with E-state index in [0.29, 0.717) is 5.02 Å². The Bertz CT molecular complexity index is 618. The lowest BCUT2D eigenvalue weighted by atomic mass is 9.97. The Labute approximate surface area is 111 Å². The van der Waals surface area contributed by atoms with Gasteiger partial charge in [-0.2, -0.15) is 0 Å². The van der Waals surface area contributed by atoms with Gasteiger partial charge in [-0.15, -0.1) is 0 Å². The quantitative estimate of drug-likeness (QED) is 0.873. The lowest BCUT2D eigenvalue weighted by Crippen LogP contribution is -1.97. The minimum absolute atomic E-state index is 0.245. The third-order valence-electron chi connectivity index (χ3n) is 2.89. The van der Waals surface area contributed by atoms with E-state index in [0.717, 1.165) is 16.7 Å². The van der Waals surface area contributed by atoms with Gasteiger partial charge in [0.15, 0.2) is 0 Å². The second kappa shape index (κ2) is 4.83. The fraction of sp³-hybridized carbons (Fsp3) is 0.133. The van der Waals surface area contributed by atoms with Crippen molar-refractivity contribution in [1.29, 1.82) is 0 Å². The van der Waals surface area contributed by atoms with Gasteiger partial charge >= 0.3 is 5.97 Å². The molecule has 3 heteroatoms. The number of carbonyl (C=O) groups is 1. The smallest absolute Gasteiger partial charge is 0.335 e. The lowest BCUT2D eigenvalue weighted by Gasteiger charge is -2.10. The first kappa shape index (κ1) is 12.7. The molecule has 0 saturated carbocycles. The Balaban J connectivity index is 2.62. The molecule has 0 saturated heterocycles. The summed E-state index contributed by atoms with van der Waals surface area (Å²) in [5, 5.41) is 9.58. The second-order valence-corrected chi connectivity index (χ2v) is 4.73. The van der Waals surface area contributed by atoms with Crippen molar-refractivity contribution in [1.82, 2.24) is 0 Å². The van der Waals surface area contributed by atoms with Gasteiger partial charge in [0.05, 0.1) is 5.56 Å². The number of hydrogen-bond donors (Lipinski definition) is 1. The predicted octanol–water partition coefficient (Wildman–Crippen LogP) is 4.32. The number of aryl methyl sites for hydroxylation is 2. The molecular weight excluding hydrogens is 248 g/mol. The molecule has 2 aromatic rings. The standard InChI is InChI=1S/C15H13ClO2/c1-9-3-5-12(10(2)7-9)13-8-11(15(17)18)4-6-14(13)16/h3-8H,1-2H3,(H,17,18). The van der Waals surface area contributed by atoms with Gasteiger partial charge in [-0.25, -0.2) is 4.79 Å². The topological polar surface area (TPSA) is 37.3 Å². The molecule has 0 aliphatic rings. The SMILES string of the molecule is Cc1ccc(-c2cc(C(=O)O)ccc2Cl)c(C)c1. The highest BCUT2D eigenvalue weighted by Gasteiger charge is 2.10. The summed E-state index contributed by atoms with van der Waals surface area (Å²) in [4.78, 5) is 11.0. The largest absolute Gasteiger partial charge is 0.478 e. The van der Waals surface area contributed by atoms with Gasteiger partial charge in [0, 0.05) is 10.6 Å². The molecule has 0 atom stereocenters. The van der Waals surface area contributed by atoms with Crippen LogP contribution in [0, 0.1) is 13.8 Å². The Kier molecular flexibility index (Phi) is 3.39. The molecular formula is C15H13ClO2. The van der Waals surface area contributed by atoms with Gasteiger partial charge in [0.25, 0.3) is 0 Å². The van der Waals surface area contributed by atoms with Crippen LogP contribution in [-0.4, -0.2) is 11.1 Å². The van der Waals surface area contributed by atoms with Crippen LogP contribution in [0.1, 0.15) is 21.5 Å². The summed E-state index contributed by atoms with van der Waals surface area (Å²) in [5.41, 5.74) is 4.22. The highest BCUT2D eigenvalue weighted by molar-refractivity contribution is 6.33. The van der Waals surface area contributed by atoms with E-state index < -0.39 is 5.97 Å². The predicted molar refractivity (Wildman–Crippen MR) is 73.3 cm³/mol. The van der Waals surface area contributed by atoms with E-state index in [-0.39, 0.29) is 5.56 Å². The van der Waals surface area contributed by atoms with Crippen molar-refractivity contribution in [3.63, 3.8) is 0 Å². The van der Waals surface area contributed by atoms with Crippen LogP contribution >= 0.6 is 11.6 Å². The first-order valence-electron chi connectivity index (χ1n) is 5.59. The van der Waals surface area contributed by atoms with Crippen LogP contribution in [0.25, 0.3) is 11.1 Å². The average molecular weight is 261 g/mol. The number of hydrogen-bond acceptors (Lipinski definition) is 1. The van der Waals surface area contributed by atoms with Gasteiger partial charge < -0.3 is 5.11 Å². The summed E-state index contributed by atoms with van der Waals surface area (Å²) in [6.07, 6.45) is 0. The molecule has 2 aromatic carbocycles. The van der Waals surface area contributed by atoms with E-state index in [9.17, 15) is 4.79 Å². The number of carboxylic acids is 1. The van der Waals surface area contributed by atoms with E-state index in [1.807, 2.05) is 26.0 Å². The van der Waals surface area contributed by atoms with Gasteiger partial charge in [-0.05, 0) is 43.2 Å². The van der Waals surface area contributed by atoms with Crippen LogP contribution in [0.3, 0.4) is 0 Å². The zero-order chi connectivity index (χ0) is 13.3. The van der Waals surface area contributed by atoms with Crippen LogP contribution in [0.5, 0.6) is 0 Å². The zero-order valence-corrected chi connectivity index (χ0v) is 11.0. The molecule has 18 heavy (non-hydrogen) atoms. The average Bonchev–Trinajstić information content (AvgIpc) is 2.30. The second-order valence-electron chi connectivity index (χ2n) is 4.32. The minimum atomic E-state index is -0.947. The third kappa shape index (κ3) is 2.39. The molecule has 0 fully saturated rings. The Hall–Kier alpha value is -1.80. The summed E-state index contributed by atoms with van der Waals surface area (Å²) in [6.45, 7) is 4.01. The van der Waals surface area contributed by atoms with Crippen molar-refractivity contribution in [3.8, 4) is 11.1 Å². The fourth-order valence-corrected chi connectivity index (χ4v) is 2.20. The fourth-order valence-electron chi connectivity index (χ4n) is 1.98. The highest BCUT2D eigenvalue weighted by Crippen LogP contribution is 2.31. The van der Waals surface area contributed by atoms with E-state index in [4.69, 9.17) is 16.7 Å². The number of benzene rings is 2. The molecule has 0 aliphatic carbocycles. The molecule has 92 valence electrons. The van der Waals surface area contributed by atoms with Crippen molar-refractivity contribution in [2.45, 2.75) is 13.8 Å². The van der Waals surface area contributed by atoms with E-state index >= 15 is 0 Å². The highest BCUT2D eigenvalue weighted by atomic mass is 35.5. The Morgan fingerprint density at radius 2 is 1.78 bits per heavy atom. The maximum Gasteiger partial charge on any atom is 0.335 e. The Morgan fingerprint density at radius 1 is 1.06 bits per heavy atom. The maximum atomic E-state index is 11.0. The van der Waals surface area contributed by atoms with Crippen molar-refractivity contribution in [3.05, 3.63) is 58.1 Å². The van der Waals surface area contributed by atoms with Gasteiger partial charge in [-0.3, -0.25) is 0 Å². The molecule has 0 aromatic heterocycles. The number of rotatable bonds is 2. The van der Waals surface area contributed by atoms with Gasteiger partial charge in [-0.1, -0.05) is 35.4 Å². The molecule has 0 radical (unpaired) electrons. The number of halogens is 1. The molecule has 0 bridgehead atoms. The summed E-state index contributed by atoms with van der Waals surface area (Å²) in [6, 6.07) is 10.8. The minimum Gasteiger partial charge on any atom is -0.478 e. The van der Waals surface area contributed by atoms with E-state index in [1.165, 1.54) is 11.6 Å². The molecule has 0 amide bonds. The van der Waals surface area contributed by atoms with E-state index in [2.05, 4.69) is 6.07 Å². The molecule has 0 heterocycles. The third-order valence-corrected chi connectivity index (χ3v) is 3.21. The zero-order valence-electron chi connectivity index (χ0n) is 10.2. The number of aromatic carboxylic acids is 1. The van der Waals surface area contributed by atoms with Crippen LogP contribution < -0.4 is 0 Å². The lowest BCUT2D eigenvalue weighted by molar-refractivity contribution is 0.0697. The summed E-state index contributed by atoms with van der Waals surface area (Å²) >= 11 is 6.15. The van der Waals surface area contributed by atoms with Crippen molar-refractivity contribution in [2.75, 3.05) is 0 Å². The van der Waals surface area contributed by atoms with Gasteiger partial charge in [0.2, 0.25) is 0 Å². The Morgan fingerprint density at radius 3 is 2.39 bits per heavy atom. The first-order valence-corrected chi connectivity index (χ1v) is 5.97. The van der Waals surface area contributed by atoms with Crippen molar-refractivity contribution >= 4 is 17.6 Å². The number of carboxylic acid groups (broad SMARTS) is 1. The molecule has 0 spiro atoms. The molecule has 1 N–H and O–H groups in total. The molecule has 0 unspecified atom stereocenters. The summed E-state index contributed by atoms with van der Waals surface area (Å²) in [7, 11) is 0.